The Kier molecular flexibility index (Phi) is 4.82. The molecule has 0 atom stereocenters. The first-order valence-corrected chi connectivity index (χ1v) is 11.4. The fraction of sp³-hybridized carbons (Fsp3) is 0.292. The molecule has 0 radical (unpaired) electrons. The van der Waals surface area contributed by atoms with Gasteiger partial charge in [0.05, 0.1) is 29.2 Å². The molecule has 0 aromatic carbocycles. The van der Waals surface area contributed by atoms with Crippen LogP contribution >= 0.6 is 0 Å². The molecule has 12 heteroatoms. The van der Waals surface area contributed by atoms with Crippen molar-refractivity contribution in [2.24, 2.45) is 0 Å². The standard InChI is InChI=1S/C24H20F2N8O2/c1-24(2)16-18(22(35)29-12-5-6-12)30-20(31-19(16)32-23(24)36)17-13-8-11(25)9-28-21(13)34(33-17)10-15-14(26)4-3-7-27-15/h3-4,7-9,12H,5-6,10H2,1-2H3,(H,29,35)(H,30,31,32,36). The number of hydrogen-bond donors (Lipinski definition) is 2. The van der Waals surface area contributed by atoms with E-state index in [9.17, 15) is 18.4 Å². The lowest BCUT2D eigenvalue weighted by Gasteiger charge is -2.18. The van der Waals surface area contributed by atoms with Gasteiger partial charge in [-0.25, -0.2) is 28.4 Å². The minimum absolute atomic E-state index is 0.00494. The highest BCUT2D eigenvalue weighted by atomic mass is 19.1. The van der Waals surface area contributed by atoms with E-state index in [1.54, 1.807) is 13.8 Å². The summed E-state index contributed by atoms with van der Waals surface area (Å²) >= 11 is 0. The van der Waals surface area contributed by atoms with Crippen molar-refractivity contribution >= 4 is 28.7 Å². The molecule has 4 aromatic rings. The van der Waals surface area contributed by atoms with Crippen molar-refractivity contribution in [3.05, 3.63) is 59.2 Å². The van der Waals surface area contributed by atoms with Gasteiger partial charge < -0.3 is 10.6 Å². The van der Waals surface area contributed by atoms with Crippen LogP contribution in [0.5, 0.6) is 0 Å². The smallest absolute Gasteiger partial charge is 0.270 e. The molecule has 2 N–H and O–H groups in total. The molecule has 1 aliphatic heterocycles. The first-order chi connectivity index (χ1) is 17.2. The lowest BCUT2D eigenvalue weighted by atomic mass is 9.85. The third-order valence-electron chi connectivity index (χ3n) is 6.36. The predicted octanol–water partition coefficient (Wildman–Crippen LogP) is 2.73. The van der Waals surface area contributed by atoms with Crippen LogP contribution in [0.15, 0.2) is 30.6 Å². The van der Waals surface area contributed by atoms with Gasteiger partial charge in [-0.3, -0.25) is 14.6 Å². The number of carbonyl (C=O) groups excluding carboxylic acids is 2. The average Bonchev–Trinajstić information content (AvgIpc) is 3.54. The van der Waals surface area contributed by atoms with Gasteiger partial charge in [0.1, 0.15) is 28.8 Å². The fourth-order valence-electron chi connectivity index (χ4n) is 4.26. The molecule has 0 bridgehead atoms. The highest BCUT2D eigenvalue weighted by molar-refractivity contribution is 6.09. The van der Waals surface area contributed by atoms with Crippen molar-refractivity contribution in [1.29, 1.82) is 0 Å². The summed E-state index contributed by atoms with van der Waals surface area (Å²) in [5.74, 6) is -1.69. The monoisotopic (exact) mass is 490 g/mol. The highest BCUT2D eigenvalue weighted by Gasteiger charge is 2.44. The van der Waals surface area contributed by atoms with Gasteiger partial charge in [-0.15, -0.1) is 0 Å². The van der Waals surface area contributed by atoms with Crippen LogP contribution in [0.1, 0.15) is 48.4 Å². The van der Waals surface area contributed by atoms with Crippen molar-refractivity contribution in [3.8, 4) is 11.5 Å². The highest BCUT2D eigenvalue weighted by Crippen LogP contribution is 2.40. The summed E-state index contributed by atoms with van der Waals surface area (Å²) in [5.41, 5.74) is -0.0844. The summed E-state index contributed by atoms with van der Waals surface area (Å²) in [6.45, 7) is 3.30. The molecule has 1 fully saturated rings. The van der Waals surface area contributed by atoms with Gasteiger partial charge in [-0.1, -0.05) is 0 Å². The van der Waals surface area contributed by atoms with Crippen LogP contribution in [-0.4, -0.2) is 47.6 Å². The Labute approximate surface area is 203 Å². The Morgan fingerprint density at radius 3 is 2.81 bits per heavy atom. The zero-order chi connectivity index (χ0) is 25.2. The maximum absolute atomic E-state index is 14.3. The second-order valence-corrected chi connectivity index (χ2v) is 9.41. The van der Waals surface area contributed by atoms with E-state index in [0.29, 0.717) is 5.56 Å². The summed E-state index contributed by atoms with van der Waals surface area (Å²) in [5, 5.41) is 10.4. The Morgan fingerprint density at radius 2 is 2.06 bits per heavy atom. The first-order valence-electron chi connectivity index (χ1n) is 11.4. The molecule has 2 aliphatic rings. The number of halogens is 2. The summed E-state index contributed by atoms with van der Waals surface area (Å²) in [7, 11) is 0. The van der Waals surface area contributed by atoms with Gasteiger partial charge in [0.25, 0.3) is 5.91 Å². The number of fused-ring (bicyclic) bond motifs is 2. The molecule has 6 rings (SSSR count). The quantitative estimate of drug-likeness (QED) is 0.440. The Morgan fingerprint density at radius 1 is 1.25 bits per heavy atom. The minimum atomic E-state index is -1.03. The van der Waals surface area contributed by atoms with Crippen molar-refractivity contribution in [3.63, 3.8) is 0 Å². The number of aromatic nitrogens is 6. The Balaban J connectivity index is 1.53. The predicted molar refractivity (Wildman–Crippen MR) is 124 cm³/mol. The zero-order valence-corrected chi connectivity index (χ0v) is 19.3. The van der Waals surface area contributed by atoms with E-state index < -0.39 is 23.0 Å². The SMILES string of the molecule is CC1(C)C(=O)Nc2nc(-c3nn(Cc4ncccc4F)c4ncc(F)cc34)nc(C(=O)NC3CC3)c21. The fourth-order valence-corrected chi connectivity index (χ4v) is 4.26. The van der Waals surface area contributed by atoms with Crippen molar-refractivity contribution in [2.75, 3.05) is 5.32 Å². The van der Waals surface area contributed by atoms with Gasteiger partial charge in [-0.05, 0) is 44.9 Å². The van der Waals surface area contributed by atoms with Crippen LogP contribution in [0, 0.1) is 11.6 Å². The topological polar surface area (TPSA) is 128 Å². The third kappa shape index (κ3) is 3.56. The molecule has 0 spiro atoms. The van der Waals surface area contributed by atoms with Crippen LogP contribution in [0.2, 0.25) is 0 Å². The molecule has 10 nitrogen and oxygen atoms in total. The number of anilines is 1. The summed E-state index contributed by atoms with van der Waals surface area (Å²) in [6.07, 6.45) is 4.23. The number of hydrogen-bond acceptors (Lipinski definition) is 7. The average molecular weight is 490 g/mol. The number of nitrogens with zero attached hydrogens (tertiary/aromatic N) is 6. The van der Waals surface area contributed by atoms with E-state index in [1.165, 1.54) is 29.1 Å². The molecule has 0 saturated heterocycles. The van der Waals surface area contributed by atoms with E-state index in [4.69, 9.17) is 0 Å². The van der Waals surface area contributed by atoms with Crippen LogP contribution in [0.4, 0.5) is 14.6 Å². The molecule has 2 amide bonds. The second kappa shape index (κ2) is 7.83. The van der Waals surface area contributed by atoms with Gasteiger partial charge in [0.2, 0.25) is 5.91 Å². The number of pyridine rings is 2. The maximum Gasteiger partial charge on any atom is 0.270 e. The molecule has 4 aromatic heterocycles. The van der Waals surface area contributed by atoms with Crippen LogP contribution < -0.4 is 10.6 Å². The van der Waals surface area contributed by atoms with Crippen molar-refractivity contribution < 1.29 is 18.4 Å². The largest absolute Gasteiger partial charge is 0.348 e. The molecular formula is C24H20F2N8O2. The Bertz CT molecular complexity index is 1580. The molecular weight excluding hydrogens is 470 g/mol. The third-order valence-corrected chi connectivity index (χ3v) is 6.36. The molecule has 1 saturated carbocycles. The van der Waals surface area contributed by atoms with E-state index in [1.807, 2.05) is 0 Å². The second-order valence-electron chi connectivity index (χ2n) is 9.41. The summed E-state index contributed by atoms with van der Waals surface area (Å²) in [6, 6.07) is 4.03. The van der Waals surface area contributed by atoms with E-state index in [-0.39, 0.29) is 58.3 Å². The van der Waals surface area contributed by atoms with Crippen LogP contribution in [-0.2, 0) is 16.8 Å². The van der Waals surface area contributed by atoms with Gasteiger partial charge in [0.15, 0.2) is 11.5 Å². The zero-order valence-electron chi connectivity index (χ0n) is 19.3. The normalized spacial score (nSPS) is 16.2. The van der Waals surface area contributed by atoms with E-state index in [0.717, 1.165) is 19.0 Å². The van der Waals surface area contributed by atoms with Crippen molar-refractivity contribution in [1.82, 2.24) is 35.0 Å². The number of nitrogens with one attached hydrogen (secondary N) is 2. The number of carbonyl (C=O) groups is 2. The van der Waals surface area contributed by atoms with Crippen molar-refractivity contribution in [2.45, 2.75) is 44.7 Å². The molecule has 1 aliphatic carbocycles. The first kappa shape index (κ1) is 22.1. The molecule has 0 unspecified atom stereocenters. The molecule has 182 valence electrons. The number of rotatable bonds is 5. The van der Waals surface area contributed by atoms with Gasteiger partial charge in [-0.2, -0.15) is 5.10 Å². The summed E-state index contributed by atoms with van der Waals surface area (Å²) in [4.78, 5) is 43.0. The lowest BCUT2D eigenvalue weighted by Crippen LogP contribution is -2.32. The molecule has 5 heterocycles. The van der Waals surface area contributed by atoms with Crippen LogP contribution in [0.25, 0.3) is 22.6 Å². The minimum Gasteiger partial charge on any atom is -0.348 e. The number of amides is 2. The van der Waals surface area contributed by atoms with E-state index >= 15 is 0 Å². The maximum atomic E-state index is 14.3. The Hall–Kier alpha value is -4.35. The van der Waals surface area contributed by atoms with Gasteiger partial charge in [0, 0.05) is 17.8 Å². The van der Waals surface area contributed by atoms with Gasteiger partial charge >= 0.3 is 0 Å². The van der Waals surface area contributed by atoms with E-state index in [2.05, 4.69) is 35.7 Å². The summed E-state index contributed by atoms with van der Waals surface area (Å²) < 4.78 is 29.9. The molecule has 36 heavy (non-hydrogen) atoms. The lowest BCUT2D eigenvalue weighted by molar-refractivity contribution is -0.119. The van der Waals surface area contributed by atoms with Crippen LogP contribution in [0.3, 0.4) is 0 Å².